The minimum atomic E-state index is -1.08. The van der Waals surface area contributed by atoms with Gasteiger partial charge in [0, 0.05) is 55.5 Å². The Morgan fingerprint density at radius 3 is 1.46 bits per heavy atom. The number of nitrogens with one attached hydrogen (secondary N) is 1. The number of ether oxygens (including phenoxy) is 4. The van der Waals surface area contributed by atoms with Gasteiger partial charge in [-0.3, -0.25) is 4.79 Å². The standard InChI is InChI=1S/C36H50N2O4.C36H49NO4.C2H4O2.2CH4.ClH2NO.Na/c1-22-16-32-33(38(20-22)34(39)41-21-25-8-6-5-7-9-25)24(3)36(42-32)15-13-28-29-11-10-26-17-27(37-40)12-14-35(26,4)31(29)18-30(28)23(2)19-36;1-22-16-32-33(37(20-22)34(39)40-21-25-8-6-5-7-9-25)24(3)36(41-32)15-13-28-29-11-10-26-17-27(38)12-14-35(26,4)31(29)18-30(28)23(2)19-36;1-2(3)4;;;1-2-3;/h5-9,22,24,26,28-29,31-33,40H,10-21H2,1-4H3;5-9,22,24,26,28-29,31-33H,10-21H2,1-4H3;1H3,(H,3,4);2*1H4;2-3H;/q;;;;;;+1/p-1/t2*22-,24+,26+,28-,29-,31-,32+,33-,35-,36-;;;;;/m00...../s1. The van der Waals surface area contributed by atoms with Gasteiger partial charge in [0.25, 0.3) is 0 Å². The predicted octanol–water partition coefficient (Wildman–Crippen LogP) is 12.9. The molecule has 2 aromatic carbocycles. The number of carbonyl (C=O) groups is 4. The number of Topliss-reactive ketones (excluding diaryl/α,β-unsaturated/α-hetero) is 1. The first-order chi connectivity index (χ1) is 43.0. The van der Waals surface area contributed by atoms with Crippen molar-refractivity contribution in [3.05, 3.63) is 94.1 Å². The van der Waals surface area contributed by atoms with Crippen LogP contribution in [0.15, 0.2) is 88.1 Å². The van der Waals surface area contributed by atoms with Gasteiger partial charge in [-0.2, -0.15) is 0 Å². The van der Waals surface area contributed by atoms with Crippen LogP contribution in [0.5, 0.6) is 0 Å². The molecule has 0 bridgehead atoms. The zero-order valence-corrected chi connectivity index (χ0v) is 59.0. The summed E-state index contributed by atoms with van der Waals surface area (Å²) in [6.45, 7) is 22.2. The average Bonchev–Trinajstić information content (AvgIpc) is 1.60. The number of carbonyl (C=O) groups excluding carboxylic acids is 4. The predicted molar refractivity (Wildman–Crippen MR) is 357 cm³/mol. The van der Waals surface area contributed by atoms with Crippen molar-refractivity contribution in [2.24, 2.45) is 87.0 Å². The third kappa shape index (κ3) is 14.8. The summed E-state index contributed by atoms with van der Waals surface area (Å²) in [5.41, 5.74) is 9.94. The van der Waals surface area contributed by atoms with Crippen LogP contribution in [0.3, 0.4) is 0 Å². The summed E-state index contributed by atoms with van der Waals surface area (Å²) in [5.74, 6) is 6.34. The fourth-order valence-electron chi connectivity index (χ4n) is 21.8. The summed E-state index contributed by atoms with van der Waals surface area (Å²) < 4.78 is 26.1. The molecule has 17 heteroatoms. The van der Waals surface area contributed by atoms with Crippen LogP contribution in [0.25, 0.3) is 0 Å². The molecule has 4 heterocycles. The fraction of sp³-hybridized carbons (Fsp3) is 0.724. The molecule has 10 fully saturated rings. The third-order valence-electron chi connectivity index (χ3n) is 26.2. The van der Waals surface area contributed by atoms with E-state index in [0.29, 0.717) is 65.3 Å². The van der Waals surface area contributed by atoms with E-state index < -0.39 is 5.97 Å². The number of ketones is 1. The van der Waals surface area contributed by atoms with Gasteiger partial charge in [-0.25, -0.2) is 9.59 Å². The Kier molecular flexibility index (Phi) is 25.0. The van der Waals surface area contributed by atoms with Gasteiger partial charge in [-0.15, -0.1) is 5.00 Å². The number of hydrogen-bond acceptors (Lipinski definition) is 13. The Labute approximate surface area is 584 Å². The second-order valence-electron chi connectivity index (χ2n) is 31.0. The number of fused-ring (bicyclic) bond motifs is 12. The Morgan fingerprint density at radius 1 is 0.656 bits per heavy atom. The number of hydrogen-bond donors (Lipinski definition) is 3. The van der Waals surface area contributed by atoms with E-state index in [1.807, 2.05) is 70.5 Å². The van der Waals surface area contributed by atoms with Gasteiger partial charge >= 0.3 is 41.7 Å². The van der Waals surface area contributed by atoms with Crippen molar-refractivity contribution in [1.82, 2.24) is 14.8 Å². The summed E-state index contributed by atoms with van der Waals surface area (Å²) in [5, 5.41) is 29.1. The Bertz CT molecular complexity index is 3020. The minimum absolute atomic E-state index is 0. The molecule has 14 rings (SSSR count). The number of rotatable bonds is 4. The number of nitrogens with zero attached hydrogens (tertiary/aromatic N) is 3. The molecule has 15 nitrogen and oxygen atoms in total. The maximum Gasteiger partial charge on any atom is 1.00 e. The molecular formula is C76H112ClN4NaO11. The van der Waals surface area contributed by atoms with Crippen molar-refractivity contribution >= 4 is 41.4 Å². The van der Waals surface area contributed by atoms with Crippen LogP contribution < -0.4 is 39.7 Å². The average molecular weight is 1320 g/mol. The third-order valence-corrected chi connectivity index (χ3v) is 26.2. The number of aliphatic carboxylic acids is 1. The smallest absolute Gasteiger partial charge is 0.550 e. The van der Waals surface area contributed by atoms with Crippen LogP contribution in [0, 0.1) is 81.8 Å². The van der Waals surface area contributed by atoms with Gasteiger partial charge in [0.1, 0.15) is 19.0 Å². The van der Waals surface area contributed by atoms with Gasteiger partial charge < -0.3 is 49.1 Å². The van der Waals surface area contributed by atoms with Gasteiger partial charge in [0.15, 0.2) is 0 Å². The van der Waals surface area contributed by atoms with E-state index >= 15 is 0 Å². The molecule has 4 aliphatic heterocycles. The van der Waals surface area contributed by atoms with Gasteiger partial charge in [-0.1, -0.05) is 145 Å². The Balaban J connectivity index is 0.000000211. The van der Waals surface area contributed by atoms with E-state index in [4.69, 9.17) is 34.1 Å². The number of amides is 2. The number of halogens is 1. The molecule has 93 heavy (non-hydrogen) atoms. The topological polar surface area (TPSA) is 200 Å². The van der Waals surface area contributed by atoms with Crippen LogP contribution in [0.4, 0.5) is 9.59 Å². The van der Waals surface area contributed by atoms with E-state index in [1.54, 1.807) is 22.3 Å². The van der Waals surface area contributed by atoms with Crippen LogP contribution >= 0.6 is 11.8 Å². The van der Waals surface area contributed by atoms with E-state index in [-0.39, 0.29) is 104 Å². The maximum absolute atomic E-state index is 13.5. The van der Waals surface area contributed by atoms with Gasteiger partial charge in [-0.05, 0) is 217 Å². The van der Waals surface area contributed by atoms with E-state index in [1.165, 1.54) is 62.8 Å². The molecule has 4 saturated heterocycles. The largest absolute Gasteiger partial charge is 1.00 e. The first kappa shape index (κ1) is 75.0. The van der Waals surface area contributed by atoms with Crippen molar-refractivity contribution < 1.29 is 83.2 Å². The van der Waals surface area contributed by atoms with Crippen molar-refractivity contribution in [2.45, 2.75) is 254 Å². The van der Waals surface area contributed by atoms with E-state index in [9.17, 15) is 19.6 Å². The summed E-state index contributed by atoms with van der Waals surface area (Å²) >= 11 is 4.30. The van der Waals surface area contributed by atoms with Crippen molar-refractivity contribution in [2.75, 3.05) is 13.1 Å². The quantitative estimate of drug-likeness (QED) is 0.0862. The molecule has 2 aromatic rings. The zero-order chi connectivity index (χ0) is 64.0. The molecule has 12 aliphatic rings. The molecule has 0 unspecified atom stereocenters. The molecule has 20 atom stereocenters. The van der Waals surface area contributed by atoms with Crippen LogP contribution in [0.2, 0.25) is 0 Å². The summed E-state index contributed by atoms with van der Waals surface area (Å²) in [7, 11) is 0. The second kappa shape index (κ2) is 31.0. The van der Waals surface area contributed by atoms with Crippen LogP contribution in [-0.4, -0.2) is 98.4 Å². The molecule has 2 spiro atoms. The first-order valence-electron chi connectivity index (χ1n) is 34.6. The summed E-state index contributed by atoms with van der Waals surface area (Å²) in [6.07, 6.45) is 21.7. The molecule has 3 N–H and O–H groups in total. The SMILES string of the molecule is C.C.CC(=O)[O-].CC1=C2C[C@H]3[C@@H](CC[C@@H]4CC(=NO)CC[C@@]43C)[C@@H]2CC[C@@]2(C1)O[C@@H]1C[C@H](C)CN(C(=O)OCc3ccccc3)[C@H]1[C@H]2C.CC1=C2C[C@H]3[C@@H](CC[C@@H]4CC(=O)CC[C@@]43C)[C@@H]2CC[C@@]2(C1)O[C@@H]1C[C@H](C)CN(C(=O)OCc3ccccc3)[C@H]1[C@H]2C.ONCl.[Na+]. The molecule has 510 valence electrons. The van der Waals surface area contributed by atoms with E-state index in [0.717, 1.165) is 131 Å². The van der Waals surface area contributed by atoms with Crippen LogP contribution in [-0.2, 0) is 41.8 Å². The number of piperidine rings is 2. The number of benzene rings is 2. The molecule has 2 amide bonds. The number of carboxylic acid groups (broad SMARTS) is 1. The Hall–Kier alpha value is -3.80. The summed E-state index contributed by atoms with van der Waals surface area (Å²) in [6, 6.07) is 20.1. The molecular weight excluding hydrogens is 1200 g/mol. The van der Waals surface area contributed by atoms with E-state index in [2.05, 4.69) is 72.3 Å². The van der Waals surface area contributed by atoms with Gasteiger partial charge in [0.2, 0.25) is 0 Å². The number of carboxylic acids is 1. The van der Waals surface area contributed by atoms with Crippen molar-refractivity contribution in [3.63, 3.8) is 0 Å². The van der Waals surface area contributed by atoms with Crippen molar-refractivity contribution in [3.8, 4) is 0 Å². The van der Waals surface area contributed by atoms with Crippen LogP contribution in [0.1, 0.15) is 217 Å². The molecule has 0 radical (unpaired) electrons. The number of allylic oxidation sites excluding steroid dienone is 2. The van der Waals surface area contributed by atoms with Crippen molar-refractivity contribution in [1.29, 1.82) is 0 Å². The maximum atomic E-state index is 13.5. The fourth-order valence-corrected chi connectivity index (χ4v) is 21.8. The second-order valence-corrected chi connectivity index (χ2v) is 31.2. The monoisotopic (exact) mass is 1310 g/mol. The Morgan fingerprint density at radius 2 is 1.05 bits per heavy atom. The molecule has 6 saturated carbocycles. The summed E-state index contributed by atoms with van der Waals surface area (Å²) in [4.78, 5) is 53.5. The minimum Gasteiger partial charge on any atom is -0.550 e. The number of oxime groups is 1. The van der Waals surface area contributed by atoms with Gasteiger partial charge in [0.05, 0.1) is 41.2 Å². The first-order valence-corrected chi connectivity index (χ1v) is 35.0. The molecule has 0 aromatic heterocycles. The number of likely N-dealkylation sites (tertiary alicyclic amines) is 2. The zero-order valence-electron chi connectivity index (χ0n) is 56.3. The normalized spacial score (nSPS) is 39.6. The molecule has 8 aliphatic carbocycles.